The molecule has 4 nitrogen and oxygen atoms in total. The monoisotopic (exact) mass is 726 g/mol. The van der Waals surface area contributed by atoms with Crippen LogP contribution >= 0.6 is 0 Å². The van der Waals surface area contributed by atoms with Crippen molar-refractivity contribution in [3.63, 3.8) is 0 Å². The van der Waals surface area contributed by atoms with Crippen LogP contribution in [0.15, 0.2) is 133 Å². The number of benzene rings is 7. The van der Waals surface area contributed by atoms with Crippen molar-refractivity contribution in [3.8, 4) is 34.4 Å². The second kappa shape index (κ2) is 17.1. The molecule has 0 aliphatic heterocycles. The van der Waals surface area contributed by atoms with Gasteiger partial charge in [-0.15, -0.1) is 0 Å². The second-order valence-electron chi connectivity index (χ2n) is 13.9. The molecule has 0 N–H and O–H groups in total. The van der Waals surface area contributed by atoms with E-state index in [-0.39, 0.29) is 0 Å². The van der Waals surface area contributed by atoms with Crippen molar-refractivity contribution in [2.45, 2.75) is 27.7 Å². The minimum absolute atomic E-state index is 0.629. The van der Waals surface area contributed by atoms with Crippen molar-refractivity contribution in [2.75, 3.05) is 36.0 Å². The average Bonchev–Trinajstić information content (AvgIpc) is 3.26. The van der Waals surface area contributed by atoms with E-state index in [9.17, 15) is 10.5 Å². The summed E-state index contributed by atoms with van der Waals surface area (Å²) in [7, 11) is 0. The summed E-state index contributed by atoms with van der Waals surface area (Å²) in [4.78, 5) is 4.70. The highest BCUT2D eigenvalue weighted by molar-refractivity contribution is 6.22. The molecule has 0 heterocycles. The molecule has 4 heteroatoms. The molecular weight excluding hydrogens is 681 g/mol. The van der Waals surface area contributed by atoms with Gasteiger partial charge in [-0.2, -0.15) is 10.5 Å². The highest BCUT2D eigenvalue weighted by atomic mass is 15.1. The molecule has 7 rings (SSSR count). The molecular formula is C52H46N4. The molecule has 7 aromatic carbocycles. The van der Waals surface area contributed by atoms with Gasteiger partial charge in [-0.25, -0.2) is 0 Å². The van der Waals surface area contributed by atoms with E-state index in [0.29, 0.717) is 11.1 Å². The van der Waals surface area contributed by atoms with E-state index < -0.39 is 0 Å². The van der Waals surface area contributed by atoms with Crippen molar-refractivity contribution in [3.05, 3.63) is 167 Å². The van der Waals surface area contributed by atoms with Crippen molar-refractivity contribution < 1.29 is 0 Å². The fourth-order valence-electron chi connectivity index (χ4n) is 7.67. The van der Waals surface area contributed by atoms with Gasteiger partial charge in [0.15, 0.2) is 0 Å². The van der Waals surface area contributed by atoms with Crippen LogP contribution in [0.3, 0.4) is 0 Å². The predicted octanol–water partition coefficient (Wildman–Crippen LogP) is 13.1. The molecule has 0 aliphatic carbocycles. The number of nitriles is 2. The molecule has 0 saturated heterocycles. The quantitative estimate of drug-likeness (QED) is 0.0929. The molecule has 0 atom stereocenters. The summed E-state index contributed by atoms with van der Waals surface area (Å²) in [6.45, 7) is 12.7. The molecule has 0 bridgehead atoms. The van der Waals surface area contributed by atoms with Gasteiger partial charge >= 0.3 is 0 Å². The number of hydrogen-bond donors (Lipinski definition) is 0. The highest BCUT2D eigenvalue weighted by Gasteiger charge is 2.18. The summed E-state index contributed by atoms with van der Waals surface area (Å²) < 4.78 is 0. The molecule has 274 valence electrons. The van der Waals surface area contributed by atoms with E-state index in [1.165, 1.54) is 11.4 Å². The van der Waals surface area contributed by atoms with Gasteiger partial charge in [0.1, 0.15) is 0 Å². The minimum atomic E-state index is 0.629. The minimum Gasteiger partial charge on any atom is -0.372 e. The van der Waals surface area contributed by atoms with Crippen LogP contribution in [0.25, 0.3) is 68.1 Å². The van der Waals surface area contributed by atoms with Crippen LogP contribution in [0.5, 0.6) is 0 Å². The van der Waals surface area contributed by atoms with E-state index in [1.807, 2.05) is 24.3 Å². The number of hydrogen-bond acceptors (Lipinski definition) is 4. The summed E-state index contributed by atoms with van der Waals surface area (Å²) in [6, 6.07) is 51.3. The number of fused-ring (bicyclic) bond motifs is 2. The van der Waals surface area contributed by atoms with Crippen LogP contribution < -0.4 is 9.80 Å². The van der Waals surface area contributed by atoms with E-state index in [2.05, 4.69) is 183 Å². The SMILES string of the molecule is CCN(CC)c1ccc(/C=C/c2ccc3c(-c4ccc(C#N)cc4)c4cc(/C=C/c5ccc(N(CC)CC)cc5)ccc4c(-c4ccc(C#N)cc4)c3c2)cc1. The molecule has 0 unspecified atom stereocenters. The highest BCUT2D eigenvalue weighted by Crippen LogP contribution is 2.44. The van der Waals surface area contributed by atoms with Crippen LogP contribution in [0.2, 0.25) is 0 Å². The molecule has 0 spiro atoms. The molecule has 0 aliphatic rings. The molecule has 0 aromatic heterocycles. The Balaban J connectivity index is 1.40. The first-order valence-corrected chi connectivity index (χ1v) is 19.6. The Morgan fingerprint density at radius 3 is 1.04 bits per heavy atom. The van der Waals surface area contributed by atoms with Crippen LogP contribution in [0.4, 0.5) is 11.4 Å². The maximum absolute atomic E-state index is 9.63. The molecule has 7 aromatic rings. The topological polar surface area (TPSA) is 54.1 Å². The normalized spacial score (nSPS) is 11.3. The van der Waals surface area contributed by atoms with E-state index in [1.54, 1.807) is 0 Å². The van der Waals surface area contributed by atoms with Gasteiger partial charge in [0.05, 0.1) is 23.3 Å². The Kier molecular flexibility index (Phi) is 11.4. The average molecular weight is 727 g/mol. The first kappa shape index (κ1) is 37.4. The Hall–Kier alpha value is -6.88. The van der Waals surface area contributed by atoms with Crippen LogP contribution in [0, 0.1) is 22.7 Å². The lowest BCUT2D eigenvalue weighted by Crippen LogP contribution is -2.21. The summed E-state index contributed by atoms with van der Waals surface area (Å²) in [6.07, 6.45) is 8.71. The zero-order chi connectivity index (χ0) is 39.0. The second-order valence-corrected chi connectivity index (χ2v) is 13.9. The van der Waals surface area contributed by atoms with E-state index in [4.69, 9.17) is 0 Å². The van der Waals surface area contributed by atoms with E-state index in [0.717, 1.165) is 92.2 Å². The summed E-state index contributed by atoms with van der Waals surface area (Å²) >= 11 is 0. The van der Waals surface area contributed by atoms with Crippen LogP contribution in [0.1, 0.15) is 61.1 Å². The van der Waals surface area contributed by atoms with Gasteiger partial charge in [0, 0.05) is 37.6 Å². The molecule has 56 heavy (non-hydrogen) atoms. The summed E-state index contributed by atoms with van der Waals surface area (Å²) in [5.41, 5.74) is 12.5. The zero-order valence-electron chi connectivity index (χ0n) is 32.6. The van der Waals surface area contributed by atoms with Gasteiger partial charge in [-0.3, -0.25) is 0 Å². The van der Waals surface area contributed by atoms with Crippen molar-refractivity contribution in [1.82, 2.24) is 0 Å². The lowest BCUT2D eigenvalue weighted by Gasteiger charge is -2.20. The fraction of sp³-hybridized carbons (Fsp3) is 0.154. The van der Waals surface area contributed by atoms with E-state index >= 15 is 0 Å². The number of nitrogens with zero attached hydrogens (tertiary/aromatic N) is 4. The molecule has 0 amide bonds. The largest absolute Gasteiger partial charge is 0.372 e. The van der Waals surface area contributed by atoms with Crippen molar-refractivity contribution >= 4 is 57.2 Å². The van der Waals surface area contributed by atoms with Gasteiger partial charge in [-0.1, -0.05) is 97.1 Å². The Morgan fingerprint density at radius 2 is 0.714 bits per heavy atom. The maximum Gasteiger partial charge on any atom is 0.0991 e. The molecule has 0 fully saturated rings. The lowest BCUT2D eigenvalue weighted by atomic mass is 9.84. The van der Waals surface area contributed by atoms with Gasteiger partial charge < -0.3 is 9.80 Å². The molecule has 0 saturated carbocycles. The first-order chi connectivity index (χ1) is 27.5. The van der Waals surface area contributed by atoms with Crippen molar-refractivity contribution in [1.29, 1.82) is 10.5 Å². The Bertz CT molecular complexity index is 2420. The zero-order valence-corrected chi connectivity index (χ0v) is 32.6. The standard InChI is InChI=1S/C52H46N4/c1-5-55(6-2)45-27-17-37(18-28-45)9-11-39-21-31-47-49(33-39)51(43-23-13-41(35-53)14-24-43)48-32-22-40(12-10-38-19-29-46(30-20-38)56(7-3)8-4)34-50(48)52(47)44-25-15-42(36-54)16-26-44/h9-34H,5-8H2,1-4H3/b11-9+,12-10+. The van der Waals surface area contributed by atoms with Crippen molar-refractivity contribution in [2.24, 2.45) is 0 Å². The summed E-state index contributed by atoms with van der Waals surface area (Å²) in [5.74, 6) is 0. The van der Waals surface area contributed by atoms with Gasteiger partial charge in [0.2, 0.25) is 0 Å². The number of anilines is 2. The first-order valence-electron chi connectivity index (χ1n) is 19.6. The third-order valence-corrected chi connectivity index (χ3v) is 10.7. The Morgan fingerprint density at radius 1 is 0.393 bits per heavy atom. The summed E-state index contributed by atoms with van der Waals surface area (Å²) in [5, 5.41) is 23.8. The number of rotatable bonds is 12. The van der Waals surface area contributed by atoms with Crippen LogP contribution in [-0.4, -0.2) is 26.2 Å². The Labute approximate surface area is 331 Å². The van der Waals surface area contributed by atoms with Gasteiger partial charge in [0.25, 0.3) is 0 Å². The maximum atomic E-state index is 9.63. The third kappa shape index (κ3) is 7.83. The lowest BCUT2D eigenvalue weighted by molar-refractivity contribution is 0.866. The van der Waals surface area contributed by atoms with Gasteiger partial charge in [-0.05, 0) is 154 Å². The fourth-order valence-corrected chi connectivity index (χ4v) is 7.67. The predicted molar refractivity (Wildman–Crippen MR) is 240 cm³/mol. The molecule has 0 radical (unpaired) electrons. The smallest absolute Gasteiger partial charge is 0.0991 e. The van der Waals surface area contributed by atoms with Crippen LogP contribution in [-0.2, 0) is 0 Å². The third-order valence-electron chi connectivity index (χ3n) is 10.7.